The van der Waals surface area contributed by atoms with Gasteiger partial charge in [-0.05, 0) is 108 Å². The molecule has 1 aromatic carbocycles. The number of ether oxygens (including phenoxy) is 3. The summed E-state index contributed by atoms with van der Waals surface area (Å²) in [7, 11) is 3.37. The van der Waals surface area contributed by atoms with Crippen molar-refractivity contribution in [3.05, 3.63) is 42.1 Å². The molecule has 0 N–H and O–H groups in total. The Morgan fingerprint density at radius 1 is 1.04 bits per heavy atom. The van der Waals surface area contributed by atoms with Crippen molar-refractivity contribution in [1.82, 2.24) is 19.8 Å². The van der Waals surface area contributed by atoms with E-state index in [-0.39, 0.29) is 28.3 Å². The van der Waals surface area contributed by atoms with Crippen LogP contribution in [0.25, 0.3) is 0 Å². The van der Waals surface area contributed by atoms with E-state index in [1.165, 1.54) is 37.4 Å². The number of amides is 1. The van der Waals surface area contributed by atoms with Gasteiger partial charge in [-0.2, -0.15) is 0 Å². The fourth-order valence-electron chi connectivity index (χ4n) is 9.29. The normalized spacial score (nSPS) is 24.8. The highest BCUT2D eigenvalue weighted by Gasteiger charge is 2.55. The zero-order valence-corrected chi connectivity index (χ0v) is 30.0. The molecule has 0 radical (unpaired) electrons. The van der Waals surface area contributed by atoms with Crippen molar-refractivity contribution in [3.8, 4) is 11.5 Å². The molecule has 1 aromatic heterocycles. The van der Waals surface area contributed by atoms with E-state index in [9.17, 15) is 14.0 Å². The molecule has 2 saturated carbocycles. The number of hydrogen-bond donors (Lipinski definition) is 0. The number of anilines is 1. The Labute approximate surface area is 290 Å². The summed E-state index contributed by atoms with van der Waals surface area (Å²) < 4.78 is 31.6. The number of methoxy groups -OCH3 is 2. The number of carbonyl (C=O) groups is 2. The summed E-state index contributed by atoms with van der Waals surface area (Å²) >= 11 is 0. The average molecular weight is 680 g/mol. The monoisotopic (exact) mass is 679 g/mol. The van der Waals surface area contributed by atoms with Gasteiger partial charge in [0.05, 0.1) is 30.4 Å². The predicted molar refractivity (Wildman–Crippen MR) is 185 cm³/mol. The molecule has 0 unspecified atom stereocenters. The molecule has 0 atom stereocenters. The summed E-state index contributed by atoms with van der Waals surface area (Å²) in [6.07, 6.45) is 11.6. The van der Waals surface area contributed by atoms with Crippen LogP contribution in [0.1, 0.15) is 82.5 Å². The maximum atomic E-state index is 14.3. The van der Waals surface area contributed by atoms with Crippen molar-refractivity contribution < 1.29 is 28.2 Å². The number of hydrogen-bond acceptors (Lipinski definition) is 9. The van der Waals surface area contributed by atoms with E-state index >= 15 is 0 Å². The Morgan fingerprint density at radius 3 is 2.37 bits per heavy atom. The number of ketones is 1. The Bertz CT molecular complexity index is 1470. The molecule has 2 saturated heterocycles. The second-order valence-electron chi connectivity index (χ2n) is 15.7. The third-order valence-electron chi connectivity index (χ3n) is 11.9. The number of Topliss-reactive ketones (excluding diaryl/α,β-unsaturated/α-hetero) is 1. The first kappa shape index (κ1) is 35.7. The second kappa shape index (κ2) is 14.6. The van der Waals surface area contributed by atoms with Crippen molar-refractivity contribution in [2.45, 2.75) is 78.2 Å². The summed E-state index contributed by atoms with van der Waals surface area (Å²) in [6, 6.07) is 4.03. The highest BCUT2D eigenvalue weighted by atomic mass is 19.1. The molecule has 1 amide bonds. The lowest BCUT2D eigenvalue weighted by atomic mass is 9.67. The topological polar surface area (TPSA) is 97.3 Å². The van der Waals surface area contributed by atoms with E-state index < -0.39 is 11.2 Å². The number of rotatable bonds is 12. The molecule has 10 nitrogen and oxygen atoms in total. The van der Waals surface area contributed by atoms with Gasteiger partial charge in [0.2, 0.25) is 0 Å². The molecule has 11 heteroatoms. The van der Waals surface area contributed by atoms with Crippen molar-refractivity contribution in [2.75, 3.05) is 71.6 Å². The third kappa shape index (κ3) is 7.35. The fourth-order valence-corrected chi connectivity index (χ4v) is 9.29. The van der Waals surface area contributed by atoms with Crippen molar-refractivity contribution in [3.63, 3.8) is 0 Å². The van der Waals surface area contributed by atoms with Crippen LogP contribution >= 0.6 is 0 Å². The van der Waals surface area contributed by atoms with Gasteiger partial charge in [-0.25, -0.2) is 14.4 Å². The van der Waals surface area contributed by atoms with Gasteiger partial charge in [-0.3, -0.25) is 9.59 Å². The minimum absolute atomic E-state index is 0.0323. The Hall–Kier alpha value is -3.15. The number of halogens is 1. The lowest BCUT2D eigenvalue weighted by Crippen LogP contribution is -2.61. The van der Waals surface area contributed by atoms with Gasteiger partial charge in [-0.15, -0.1) is 0 Å². The summed E-state index contributed by atoms with van der Waals surface area (Å²) in [5, 5.41) is 0. The molecule has 2 aliphatic heterocycles. The Kier molecular flexibility index (Phi) is 10.6. The number of benzene rings is 1. The number of carbonyl (C=O) groups excluding carboxylic acids is 2. The van der Waals surface area contributed by atoms with E-state index in [0.717, 1.165) is 64.8 Å². The van der Waals surface area contributed by atoms with Crippen molar-refractivity contribution in [2.24, 2.45) is 22.2 Å². The van der Waals surface area contributed by atoms with Crippen LogP contribution in [-0.4, -0.2) is 104 Å². The molecule has 2 aromatic rings. The van der Waals surface area contributed by atoms with Gasteiger partial charge >= 0.3 is 0 Å². The molecule has 4 fully saturated rings. The lowest BCUT2D eigenvalue weighted by molar-refractivity contribution is -0.132. The van der Waals surface area contributed by atoms with E-state index in [1.807, 2.05) is 20.8 Å². The maximum Gasteiger partial charge on any atom is 0.257 e. The first-order valence-corrected chi connectivity index (χ1v) is 18.1. The van der Waals surface area contributed by atoms with Gasteiger partial charge in [-0.1, -0.05) is 0 Å². The summed E-state index contributed by atoms with van der Waals surface area (Å²) in [5.74, 6) is 1.70. The van der Waals surface area contributed by atoms with Gasteiger partial charge in [0.25, 0.3) is 5.91 Å². The summed E-state index contributed by atoms with van der Waals surface area (Å²) in [5.41, 5.74) is 0.0854. The minimum atomic E-state index is -0.485. The zero-order chi connectivity index (χ0) is 34.8. The van der Waals surface area contributed by atoms with Crippen LogP contribution in [0.4, 0.5) is 10.2 Å². The van der Waals surface area contributed by atoms with Gasteiger partial charge < -0.3 is 28.9 Å². The van der Waals surface area contributed by atoms with Crippen molar-refractivity contribution in [1.29, 1.82) is 0 Å². The molecule has 268 valence electrons. The van der Waals surface area contributed by atoms with E-state index in [0.29, 0.717) is 55.2 Å². The minimum Gasteiger partial charge on any atom is -0.451 e. The van der Waals surface area contributed by atoms with Crippen LogP contribution in [0.15, 0.2) is 30.7 Å². The second-order valence-corrected chi connectivity index (χ2v) is 15.7. The largest absolute Gasteiger partial charge is 0.451 e. The molecular formula is C38H54FN5O5. The Morgan fingerprint density at radius 2 is 1.73 bits per heavy atom. The van der Waals surface area contributed by atoms with Crippen LogP contribution in [-0.2, 0) is 14.3 Å². The third-order valence-corrected chi connectivity index (χ3v) is 11.9. The highest BCUT2D eigenvalue weighted by molar-refractivity contribution is 5.97. The Balaban J connectivity index is 1.02. The van der Waals surface area contributed by atoms with E-state index in [1.54, 1.807) is 25.3 Å². The summed E-state index contributed by atoms with van der Waals surface area (Å²) in [4.78, 5) is 41.9. The van der Waals surface area contributed by atoms with Gasteiger partial charge in [0, 0.05) is 58.3 Å². The van der Waals surface area contributed by atoms with Gasteiger partial charge in [0.1, 0.15) is 23.7 Å². The fraction of sp³-hybridized carbons (Fsp3) is 0.684. The molecule has 3 heterocycles. The van der Waals surface area contributed by atoms with Gasteiger partial charge in [0.15, 0.2) is 11.6 Å². The highest BCUT2D eigenvalue weighted by Crippen LogP contribution is 2.56. The average Bonchev–Trinajstić information content (AvgIpc) is 3.32. The molecule has 4 aliphatic rings. The first-order valence-electron chi connectivity index (χ1n) is 18.1. The SMILES string of the molecule is CCN(C(=O)c1cc(F)ccc1Oc1cncnc1N1CC2(CCN(CC3CCC4(CC3)CC(=O)C(COC)(COC)C4)CC2)C1)C(C)C. The first-order chi connectivity index (χ1) is 23.5. The molecule has 49 heavy (non-hydrogen) atoms. The smallest absolute Gasteiger partial charge is 0.257 e. The van der Waals surface area contributed by atoms with E-state index in [4.69, 9.17) is 14.2 Å². The number of aromatic nitrogens is 2. The number of piperidine rings is 1. The van der Waals surface area contributed by atoms with Crippen LogP contribution in [0.5, 0.6) is 11.5 Å². The maximum absolute atomic E-state index is 14.3. The number of nitrogens with zero attached hydrogens (tertiary/aromatic N) is 5. The van der Waals surface area contributed by atoms with Crippen molar-refractivity contribution >= 4 is 17.5 Å². The van der Waals surface area contributed by atoms with E-state index in [2.05, 4.69) is 19.8 Å². The zero-order valence-electron chi connectivity index (χ0n) is 30.0. The van der Waals surface area contributed by atoms with Crippen LogP contribution in [0.3, 0.4) is 0 Å². The lowest BCUT2D eigenvalue weighted by Gasteiger charge is -2.55. The van der Waals surface area contributed by atoms with Crippen LogP contribution in [0, 0.1) is 28.0 Å². The molecule has 0 bridgehead atoms. The predicted octanol–water partition coefficient (Wildman–Crippen LogP) is 6.00. The molecule has 2 aliphatic carbocycles. The molecular weight excluding hydrogens is 625 g/mol. The quantitative estimate of drug-likeness (QED) is 0.268. The molecule has 2 spiro atoms. The molecule has 6 rings (SSSR count). The standard InChI is InChI=1S/C38H54FN5O5/c1-6-44(27(2)3)35(46)30-17-29(39)7-8-31(30)49-32-19-40-26-41-34(32)43-22-37(23-43)13-15-42(16-14-37)20-28-9-11-36(12-10-28)18-33(45)38(21-36,24-47-4)25-48-5/h7-8,17,19,26-28H,6,9-16,18,20-25H2,1-5H3. The van der Waals surface area contributed by atoms with Crippen LogP contribution < -0.4 is 9.64 Å². The number of likely N-dealkylation sites (tertiary alicyclic amines) is 1. The van der Waals surface area contributed by atoms with Crippen LogP contribution in [0.2, 0.25) is 0 Å². The summed E-state index contributed by atoms with van der Waals surface area (Å²) in [6.45, 7) is 12.3.